The molecule has 0 fully saturated rings. The number of benzene rings is 2. The first-order valence-corrected chi connectivity index (χ1v) is 10.6. The lowest BCUT2D eigenvalue weighted by Gasteiger charge is -2.13. The van der Waals surface area contributed by atoms with Gasteiger partial charge in [-0.2, -0.15) is 0 Å². The molecule has 2 N–H and O–H groups in total. The maximum atomic E-state index is 14.8. The predicted octanol–water partition coefficient (Wildman–Crippen LogP) is 4.56. The maximum Gasteiger partial charge on any atom is 0.261 e. The summed E-state index contributed by atoms with van der Waals surface area (Å²) < 4.78 is 46.0. The second-order valence-corrected chi connectivity index (χ2v) is 7.34. The minimum Gasteiger partial charge on any atom is -0.496 e. The number of fused-ring (bicyclic) bond motifs is 1. The van der Waals surface area contributed by atoms with Gasteiger partial charge in [-0.15, -0.1) is 0 Å². The van der Waals surface area contributed by atoms with Crippen LogP contribution in [0.5, 0.6) is 23.0 Å². The number of hydrogen-bond acceptors (Lipinski definition) is 7. The summed E-state index contributed by atoms with van der Waals surface area (Å²) in [5, 5.41) is 5.98. The molecule has 0 spiro atoms. The highest BCUT2D eigenvalue weighted by Crippen LogP contribution is 2.35. The van der Waals surface area contributed by atoms with E-state index in [0.29, 0.717) is 29.8 Å². The molecular weight excluding hydrogens is 458 g/mol. The third-order valence-electron chi connectivity index (χ3n) is 5.01. The summed E-state index contributed by atoms with van der Waals surface area (Å²) in [4.78, 5) is 20.7. The number of nitrogens with one attached hydrogen (secondary N) is 2. The second-order valence-electron chi connectivity index (χ2n) is 7.34. The molecule has 35 heavy (non-hydrogen) atoms. The highest BCUT2D eigenvalue weighted by Gasteiger charge is 2.18. The molecule has 4 aromatic rings. The van der Waals surface area contributed by atoms with Crippen LogP contribution in [0.1, 0.15) is 10.4 Å². The van der Waals surface area contributed by atoms with Crippen LogP contribution >= 0.6 is 0 Å². The van der Waals surface area contributed by atoms with Gasteiger partial charge in [-0.1, -0.05) is 0 Å². The van der Waals surface area contributed by atoms with Gasteiger partial charge in [-0.25, -0.2) is 8.78 Å². The average Bonchev–Trinajstić information content (AvgIpc) is 2.86. The Morgan fingerprint density at radius 3 is 2.54 bits per heavy atom. The van der Waals surface area contributed by atoms with Crippen molar-refractivity contribution < 1.29 is 27.8 Å². The second kappa shape index (κ2) is 10.7. The Morgan fingerprint density at radius 1 is 1.03 bits per heavy atom. The van der Waals surface area contributed by atoms with E-state index in [1.54, 1.807) is 18.2 Å². The molecule has 2 heterocycles. The summed E-state index contributed by atoms with van der Waals surface area (Å²) in [6.45, 7) is 1.16. The minimum atomic E-state index is -0.990. The van der Waals surface area contributed by atoms with Crippen molar-refractivity contribution in [3.63, 3.8) is 0 Å². The zero-order valence-electron chi connectivity index (χ0n) is 19.0. The van der Waals surface area contributed by atoms with Crippen molar-refractivity contribution in [2.75, 3.05) is 32.6 Å². The molecule has 0 aliphatic carbocycles. The van der Waals surface area contributed by atoms with E-state index < -0.39 is 23.3 Å². The molecule has 2 aromatic carbocycles. The van der Waals surface area contributed by atoms with Crippen molar-refractivity contribution in [3.05, 3.63) is 78.3 Å². The van der Waals surface area contributed by atoms with Crippen molar-refractivity contribution in [2.24, 2.45) is 0 Å². The first kappa shape index (κ1) is 23.8. The van der Waals surface area contributed by atoms with Gasteiger partial charge in [-0.05, 0) is 31.3 Å². The van der Waals surface area contributed by atoms with E-state index in [1.165, 1.54) is 37.8 Å². The number of pyridine rings is 2. The molecule has 0 aliphatic heterocycles. The van der Waals surface area contributed by atoms with Crippen molar-refractivity contribution in [3.8, 4) is 23.0 Å². The molecule has 10 heteroatoms. The Labute approximate surface area is 199 Å². The lowest BCUT2D eigenvalue weighted by Crippen LogP contribution is -2.15. The number of likely N-dealkylation sites (N-methyl/N-ethyl adjacent to an activating group) is 1. The van der Waals surface area contributed by atoms with Crippen LogP contribution in [0.25, 0.3) is 10.9 Å². The van der Waals surface area contributed by atoms with Crippen LogP contribution in [0.3, 0.4) is 0 Å². The Bertz CT molecular complexity index is 1340. The van der Waals surface area contributed by atoms with Gasteiger partial charge in [0.25, 0.3) is 5.91 Å². The number of amides is 1. The van der Waals surface area contributed by atoms with Crippen molar-refractivity contribution in [2.45, 2.75) is 0 Å². The number of anilines is 1. The normalized spacial score (nSPS) is 10.7. The van der Waals surface area contributed by atoms with Crippen LogP contribution in [0.2, 0.25) is 0 Å². The van der Waals surface area contributed by atoms with Gasteiger partial charge < -0.3 is 24.8 Å². The van der Waals surface area contributed by atoms with Crippen molar-refractivity contribution in [1.29, 1.82) is 0 Å². The molecule has 1 amide bonds. The smallest absolute Gasteiger partial charge is 0.261 e. The van der Waals surface area contributed by atoms with E-state index in [2.05, 4.69) is 20.6 Å². The highest BCUT2D eigenvalue weighted by molar-refractivity contribution is 6.06. The molecule has 0 aliphatic rings. The molecule has 0 saturated heterocycles. The van der Waals surface area contributed by atoms with Gasteiger partial charge in [0.1, 0.15) is 23.9 Å². The Morgan fingerprint density at radius 2 is 1.80 bits per heavy atom. The third kappa shape index (κ3) is 5.44. The van der Waals surface area contributed by atoms with E-state index in [4.69, 9.17) is 14.2 Å². The van der Waals surface area contributed by atoms with Gasteiger partial charge in [0, 0.05) is 54.4 Å². The van der Waals surface area contributed by atoms with Crippen LogP contribution in [-0.2, 0) is 0 Å². The quantitative estimate of drug-likeness (QED) is 0.339. The molecule has 0 saturated carbocycles. The van der Waals surface area contributed by atoms with E-state index in [1.807, 2.05) is 7.05 Å². The number of carbonyl (C=O) groups excluding carboxylic acids is 1. The highest BCUT2D eigenvalue weighted by atomic mass is 19.1. The summed E-state index contributed by atoms with van der Waals surface area (Å²) in [5.41, 5.74) is 0.569. The lowest BCUT2D eigenvalue weighted by molar-refractivity contribution is 0.102. The Kier molecular flexibility index (Phi) is 7.32. The van der Waals surface area contributed by atoms with Crippen molar-refractivity contribution in [1.82, 2.24) is 15.3 Å². The van der Waals surface area contributed by atoms with Crippen LogP contribution in [0.15, 0.2) is 61.1 Å². The monoisotopic (exact) mass is 480 g/mol. The number of methoxy groups -OCH3 is 1. The number of carbonyl (C=O) groups is 1. The fourth-order valence-corrected chi connectivity index (χ4v) is 3.32. The number of ether oxygens (including phenoxy) is 3. The summed E-state index contributed by atoms with van der Waals surface area (Å²) in [7, 11) is 3.23. The Hall–Kier alpha value is -4.31. The summed E-state index contributed by atoms with van der Waals surface area (Å²) in [6, 6.07) is 10.1. The van der Waals surface area contributed by atoms with Crippen LogP contribution in [0.4, 0.5) is 14.5 Å². The Balaban J connectivity index is 1.56. The minimum absolute atomic E-state index is 0.0915. The van der Waals surface area contributed by atoms with Gasteiger partial charge in [-0.3, -0.25) is 14.8 Å². The molecule has 180 valence electrons. The number of aromatic nitrogens is 2. The summed E-state index contributed by atoms with van der Waals surface area (Å²) in [5.74, 6) is -2.12. The number of hydrogen-bond donors (Lipinski definition) is 2. The van der Waals surface area contributed by atoms with Gasteiger partial charge >= 0.3 is 0 Å². The van der Waals surface area contributed by atoms with Gasteiger partial charge in [0.05, 0.1) is 18.2 Å². The van der Waals surface area contributed by atoms with Crippen LogP contribution in [-0.4, -0.2) is 43.2 Å². The summed E-state index contributed by atoms with van der Waals surface area (Å²) >= 11 is 0. The van der Waals surface area contributed by atoms with Gasteiger partial charge in [0.15, 0.2) is 17.4 Å². The maximum absolute atomic E-state index is 14.8. The number of halogens is 2. The molecule has 0 bridgehead atoms. The zero-order chi connectivity index (χ0) is 24.8. The first-order chi connectivity index (χ1) is 17.0. The number of rotatable bonds is 9. The topological polar surface area (TPSA) is 94.6 Å². The number of nitrogens with zero attached hydrogens (tertiary/aromatic N) is 2. The SMILES string of the molecule is CNCCOc1ccc2c(Oc3c(F)cc(NC(=O)c4cnccc4OC)cc3F)ccnc2c1. The van der Waals surface area contributed by atoms with E-state index in [-0.39, 0.29) is 22.7 Å². The van der Waals surface area contributed by atoms with E-state index >= 15 is 0 Å². The van der Waals surface area contributed by atoms with Gasteiger partial charge in [0.2, 0.25) is 0 Å². The van der Waals surface area contributed by atoms with Crippen LogP contribution in [0, 0.1) is 11.6 Å². The largest absolute Gasteiger partial charge is 0.496 e. The molecule has 0 atom stereocenters. The molecule has 4 rings (SSSR count). The molecule has 0 unspecified atom stereocenters. The molecule has 0 radical (unpaired) electrons. The molecular formula is C25H22F2N4O4. The van der Waals surface area contributed by atoms with Crippen molar-refractivity contribution >= 4 is 22.5 Å². The first-order valence-electron chi connectivity index (χ1n) is 10.6. The lowest BCUT2D eigenvalue weighted by atomic mass is 10.2. The standard InChI is InChI=1S/C25H22F2N4O4/c1-28-9-10-34-16-3-4-17-21(13-16)30-8-6-23(17)35-24-19(26)11-15(12-20(24)27)31-25(32)18-14-29-7-5-22(18)33-2/h3-8,11-14,28H,9-10H2,1-2H3,(H,31,32). The van der Waals surface area contributed by atoms with E-state index in [9.17, 15) is 13.6 Å². The fourth-order valence-electron chi connectivity index (χ4n) is 3.32. The molecule has 2 aromatic heterocycles. The fraction of sp³-hybridized carbons (Fsp3) is 0.160. The summed E-state index contributed by atoms with van der Waals surface area (Å²) in [6.07, 6.45) is 4.23. The average molecular weight is 480 g/mol. The zero-order valence-corrected chi connectivity index (χ0v) is 19.0. The molecule has 8 nitrogen and oxygen atoms in total. The van der Waals surface area contributed by atoms with Crippen LogP contribution < -0.4 is 24.8 Å². The van der Waals surface area contributed by atoms with E-state index in [0.717, 1.165) is 12.1 Å². The predicted molar refractivity (Wildman–Crippen MR) is 126 cm³/mol. The third-order valence-corrected chi connectivity index (χ3v) is 5.01.